The first-order valence-corrected chi connectivity index (χ1v) is 5.14. The summed E-state index contributed by atoms with van der Waals surface area (Å²) < 4.78 is 13.0. The molecule has 0 saturated heterocycles. The van der Waals surface area contributed by atoms with E-state index in [2.05, 4.69) is 24.9 Å². The summed E-state index contributed by atoms with van der Waals surface area (Å²) in [4.78, 5) is 3.84. The van der Waals surface area contributed by atoms with E-state index in [-0.39, 0.29) is 0 Å². The van der Waals surface area contributed by atoms with Gasteiger partial charge in [0.05, 0.1) is 0 Å². The summed E-state index contributed by atoms with van der Waals surface area (Å²) >= 11 is 0. The molecule has 0 aliphatic carbocycles. The Morgan fingerprint density at radius 2 is 1.93 bits per heavy atom. The molecule has 0 atom stereocenters. The van der Waals surface area contributed by atoms with Crippen LogP contribution in [-0.4, -0.2) is 4.98 Å². The van der Waals surface area contributed by atoms with Crippen LogP contribution in [0.2, 0.25) is 0 Å². The van der Waals surface area contributed by atoms with Gasteiger partial charge in [-0.2, -0.15) is 4.39 Å². The van der Waals surface area contributed by atoms with E-state index >= 15 is 0 Å². The fraction of sp³-hybridized carbons (Fsp3) is 0.308. The Kier molecular flexibility index (Phi) is 2.43. The maximum Gasteiger partial charge on any atom is 0.213 e. The first-order valence-electron chi connectivity index (χ1n) is 5.14. The van der Waals surface area contributed by atoms with Crippen molar-refractivity contribution in [3.8, 4) is 0 Å². The Morgan fingerprint density at radius 3 is 2.60 bits per heavy atom. The van der Waals surface area contributed by atoms with Gasteiger partial charge in [0.15, 0.2) is 0 Å². The van der Waals surface area contributed by atoms with Gasteiger partial charge in [0, 0.05) is 17.1 Å². The molecule has 0 N–H and O–H groups in total. The molecule has 0 aliphatic rings. The summed E-state index contributed by atoms with van der Waals surface area (Å²) in [5, 5.41) is 1.96. The number of fused-ring (bicyclic) bond motifs is 1. The van der Waals surface area contributed by atoms with Crippen molar-refractivity contribution in [3.05, 3.63) is 41.5 Å². The molecule has 1 nitrogen and oxygen atoms in total. The number of pyridine rings is 1. The molecule has 2 rings (SSSR count). The van der Waals surface area contributed by atoms with E-state index in [9.17, 15) is 4.39 Å². The zero-order valence-electron chi connectivity index (χ0n) is 9.21. The van der Waals surface area contributed by atoms with Crippen LogP contribution in [0.15, 0.2) is 24.3 Å². The molecule has 15 heavy (non-hydrogen) atoms. The van der Waals surface area contributed by atoms with Crippen molar-refractivity contribution in [2.45, 2.75) is 26.7 Å². The Hall–Kier alpha value is -1.44. The van der Waals surface area contributed by atoms with Gasteiger partial charge in [-0.05, 0) is 29.9 Å². The second-order valence-corrected chi connectivity index (χ2v) is 4.17. The lowest BCUT2D eigenvalue weighted by Crippen LogP contribution is -1.92. The maximum absolute atomic E-state index is 13.0. The zero-order chi connectivity index (χ0) is 11.0. The molecule has 1 heterocycles. The minimum Gasteiger partial charge on any atom is -0.224 e. The van der Waals surface area contributed by atoms with E-state index in [0.29, 0.717) is 5.92 Å². The van der Waals surface area contributed by atoms with E-state index in [0.717, 1.165) is 16.5 Å². The third-order valence-electron chi connectivity index (χ3n) is 2.68. The van der Waals surface area contributed by atoms with Crippen LogP contribution >= 0.6 is 0 Å². The normalized spacial score (nSPS) is 11.3. The van der Waals surface area contributed by atoms with E-state index in [1.807, 2.05) is 19.1 Å². The van der Waals surface area contributed by atoms with Crippen molar-refractivity contribution in [1.29, 1.82) is 0 Å². The third-order valence-corrected chi connectivity index (χ3v) is 2.68. The van der Waals surface area contributed by atoms with E-state index in [1.165, 1.54) is 11.6 Å². The standard InChI is InChI=1S/C13H14FN/c1-8(2)10-4-5-11-7-13(14)15-9(3)12(11)6-10/h4-8H,1-3H3. The van der Waals surface area contributed by atoms with Crippen LogP contribution in [0.3, 0.4) is 0 Å². The molecular formula is C13H14FN. The van der Waals surface area contributed by atoms with E-state index < -0.39 is 5.95 Å². The number of hydrogen-bond donors (Lipinski definition) is 0. The summed E-state index contributed by atoms with van der Waals surface area (Å²) in [6, 6.07) is 7.59. The highest BCUT2D eigenvalue weighted by Gasteiger charge is 2.05. The average Bonchev–Trinajstić information content (AvgIpc) is 2.16. The van der Waals surface area contributed by atoms with Crippen LogP contribution in [0, 0.1) is 12.9 Å². The molecule has 2 heteroatoms. The highest BCUT2D eigenvalue weighted by atomic mass is 19.1. The van der Waals surface area contributed by atoms with Crippen LogP contribution in [0.5, 0.6) is 0 Å². The zero-order valence-corrected chi connectivity index (χ0v) is 9.21. The lowest BCUT2D eigenvalue weighted by molar-refractivity contribution is 0.583. The molecule has 0 spiro atoms. The smallest absolute Gasteiger partial charge is 0.213 e. The maximum atomic E-state index is 13.0. The molecular weight excluding hydrogens is 189 g/mol. The number of rotatable bonds is 1. The molecule has 0 unspecified atom stereocenters. The molecule has 1 aromatic heterocycles. The number of hydrogen-bond acceptors (Lipinski definition) is 1. The molecule has 0 aliphatic heterocycles. The lowest BCUT2D eigenvalue weighted by Gasteiger charge is -2.08. The number of benzene rings is 1. The Morgan fingerprint density at radius 1 is 1.20 bits per heavy atom. The van der Waals surface area contributed by atoms with Gasteiger partial charge >= 0.3 is 0 Å². The Balaban J connectivity index is 2.71. The molecule has 78 valence electrons. The number of aromatic nitrogens is 1. The van der Waals surface area contributed by atoms with Gasteiger partial charge in [-0.15, -0.1) is 0 Å². The quantitative estimate of drug-likeness (QED) is 0.642. The monoisotopic (exact) mass is 203 g/mol. The summed E-state index contributed by atoms with van der Waals surface area (Å²) in [6.07, 6.45) is 0. The van der Waals surface area contributed by atoms with E-state index in [4.69, 9.17) is 0 Å². The fourth-order valence-electron chi connectivity index (χ4n) is 1.75. The molecule has 2 aromatic rings. The largest absolute Gasteiger partial charge is 0.224 e. The van der Waals surface area contributed by atoms with Gasteiger partial charge in [0.1, 0.15) is 0 Å². The Bertz CT molecular complexity index is 503. The lowest BCUT2D eigenvalue weighted by atomic mass is 9.99. The van der Waals surface area contributed by atoms with Gasteiger partial charge in [-0.1, -0.05) is 26.0 Å². The minimum absolute atomic E-state index is 0.405. The van der Waals surface area contributed by atoms with Crippen molar-refractivity contribution in [2.75, 3.05) is 0 Å². The average molecular weight is 203 g/mol. The molecule has 0 amide bonds. The minimum atomic E-state index is -0.405. The fourth-order valence-corrected chi connectivity index (χ4v) is 1.75. The number of halogens is 1. The van der Waals surface area contributed by atoms with Crippen molar-refractivity contribution >= 4 is 10.8 Å². The molecule has 1 aromatic carbocycles. The SMILES string of the molecule is Cc1nc(F)cc2ccc(C(C)C)cc12. The second kappa shape index (κ2) is 3.61. The predicted molar refractivity (Wildman–Crippen MR) is 60.5 cm³/mol. The molecule has 0 radical (unpaired) electrons. The van der Waals surface area contributed by atoms with Crippen LogP contribution in [0.4, 0.5) is 4.39 Å². The van der Waals surface area contributed by atoms with Crippen LogP contribution in [0.25, 0.3) is 10.8 Å². The third kappa shape index (κ3) is 1.84. The van der Waals surface area contributed by atoms with Crippen LogP contribution in [-0.2, 0) is 0 Å². The summed E-state index contributed by atoms with van der Waals surface area (Å²) in [6.45, 7) is 6.14. The molecule has 0 bridgehead atoms. The predicted octanol–water partition coefficient (Wildman–Crippen LogP) is 3.81. The van der Waals surface area contributed by atoms with E-state index in [1.54, 1.807) is 0 Å². The van der Waals surface area contributed by atoms with Gasteiger partial charge in [-0.3, -0.25) is 0 Å². The number of aryl methyl sites for hydroxylation is 1. The van der Waals surface area contributed by atoms with Gasteiger partial charge in [0.25, 0.3) is 0 Å². The van der Waals surface area contributed by atoms with Gasteiger partial charge < -0.3 is 0 Å². The van der Waals surface area contributed by atoms with Crippen molar-refractivity contribution in [1.82, 2.24) is 4.98 Å². The summed E-state index contributed by atoms with van der Waals surface area (Å²) in [5.74, 6) is 0.0798. The highest BCUT2D eigenvalue weighted by molar-refractivity contribution is 5.85. The van der Waals surface area contributed by atoms with Crippen molar-refractivity contribution < 1.29 is 4.39 Å². The van der Waals surface area contributed by atoms with Gasteiger partial charge in [-0.25, -0.2) is 4.98 Å². The number of nitrogens with zero attached hydrogens (tertiary/aromatic N) is 1. The van der Waals surface area contributed by atoms with Crippen LogP contribution in [0.1, 0.15) is 31.0 Å². The summed E-state index contributed by atoms with van der Waals surface area (Å²) in [7, 11) is 0. The first kappa shape index (κ1) is 10.1. The highest BCUT2D eigenvalue weighted by Crippen LogP contribution is 2.23. The van der Waals surface area contributed by atoms with Crippen molar-refractivity contribution in [3.63, 3.8) is 0 Å². The van der Waals surface area contributed by atoms with Crippen LogP contribution < -0.4 is 0 Å². The Labute approximate surface area is 89.0 Å². The topological polar surface area (TPSA) is 12.9 Å². The van der Waals surface area contributed by atoms with Gasteiger partial charge in [0.2, 0.25) is 5.95 Å². The van der Waals surface area contributed by atoms with Crippen molar-refractivity contribution in [2.24, 2.45) is 0 Å². The summed E-state index contributed by atoms with van der Waals surface area (Å²) in [5.41, 5.74) is 2.02. The molecule has 0 fully saturated rings. The molecule has 0 saturated carbocycles. The first-order chi connectivity index (χ1) is 7.08. The second-order valence-electron chi connectivity index (χ2n) is 4.17.